The maximum atomic E-state index is 12.1. The predicted octanol–water partition coefficient (Wildman–Crippen LogP) is 3.18. The van der Waals surface area contributed by atoms with E-state index in [4.69, 9.17) is 0 Å². The molecule has 0 aliphatic carbocycles. The molecular weight excluding hydrogens is 242 g/mol. The molecule has 0 saturated heterocycles. The van der Waals surface area contributed by atoms with Gasteiger partial charge in [-0.3, -0.25) is 4.79 Å². The highest BCUT2D eigenvalue weighted by Crippen LogP contribution is 2.29. The Morgan fingerprint density at radius 1 is 1.17 bits per heavy atom. The van der Waals surface area contributed by atoms with E-state index in [1.54, 1.807) is 0 Å². The monoisotopic (exact) mass is 261 g/mol. The Kier molecular flexibility index (Phi) is 3.81. The van der Waals surface area contributed by atoms with Gasteiger partial charge in [0.1, 0.15) is 0 Å². The number of benzene rings is 1. The second-order valence-corrected chi connectivity index (χ2v) is 5.27. The van der Waals surface area contributed by atoms with Gasteiger partial charge < -0.3 is 4.90 Å². The van der Waals surface area contributed by atoms with Crippen molar-refractivity contribution >= 4 is 18.5 Å². The number of hydrogen-bond acceptors (Lipinski definition) is 2. The maximum Gasteiger partial charge on any atom is 0.250 e. The van der Waals surface area contributed by atoms with Crippen molar-refractivity contribution in [1.29, 1.82) is 0 Å². The van der Waals surface area contributed by atoms with E-state index in [1.807, 2.05) is 18.7 Å². The fraction of sp³-hybridized carbons (Fsp3) is 0.400. The van der Waals surface area contributed by atoms with Crippen molar-refractivity contribution in [2.75, 3.05) is 0 Å². The molecule has 1 amide bonds. The lowest BCUT2D eigenvalue weighted by atomic mass is 10.1. The van der Waals surface area contributed by atoms with E-state index in [0.717, 1.165) is 23.1 Å². The van der Waals surface area contributed by atoms with Crippen LogP contribution in [0.4, 0.5) is 0 Å². The third-order valence-corrected chi connectivity index (χ3v) is 4.31. The first kappa shape index (κ1) is 13.2. The molecule has 18 heavy (non-hydrogen) atoms. The first-order valence-corrected chi connectivity index (χ1v) is 6.80. The van der Waals surface area contributed by atoms with Gasteiger partial charge in [0.15, 0.2) is 0 Å². The van der Waals surface area contributed by atoms with E-state index in [-0.39, 0.29) is 11.3 Å². The van der Waals surface area contributed by atoms with Gasteiger partial charge in [-0.1, -0.05) is 31.2 Å². The minimum Gasteiger partial charge on any atom is -0.319 e. The summed E-state index contributed by atoms with van der Waals surface area (Å²) in [5.74, 6) is 0.104. The highest BCUT2D eigenvalue weighted by atomic mass is 32.1. The summed E-state index contributed by atoms with van der Waals surface area (Å²) in [5, 5.41) is -0.0802. The Hall–Kier alpha value is -1.22. The highest BCUT2D eigenvalue weighted by Gasteiger charge is 2.32. The molecule has 2 rings (SSSR count). The largest absolute Gasteiger partial charge is 0.319 e. The Labute approximate surface area is 114 Å². The molecule has 1 unspecified atom stereocenters. The standard InChI is InChI=1S/C15H19NOS/c1-4-12-5-7-13(8-6-12)9-16-14(17)10(2)11(3)15(16)18/h5-8,15,18H,4,9H2,1-3H3. The molecule has 0 spiro atoms. The van der Waals surface area contributed by atoms with E-state index in [1.165, 1.54) is 5.56 Å². The number of thiol groups is 1. The summed E-state index contributed by atoms with van der Waals surface area (Å²) in [6.45, 7) is 6.62. The van der Waals surface area contributed by atoms with Gasteiger partial charge >= 0.3 is 0 Å². The van der Waals surface area contributed by atoms with E-state index in [9.17, 15) is 4.79 Å². The van der Waals surface area contributed by atoms with Crippen LogP contribution in [-0.2, 0) is 17.8 Å². The predicted molar refractivity (Wildman–Crippen MR) is 77.5 cm³/mol. The summed E-state index contributed by atoms with van der Waals surface area (Å²) < 4.78 is 0. The lowest BCUT2D eigenvalue weighted by molar-refractivity contribution is -0.126. The van der Waals surface area contributed by atoms with Crippen molar-refractivity contribution in [2.45, 2.75) is 39.1 Å². The number of hydrogen-bond donors (Lipinski definition) is 1. The molecular formula is C15H19NOS. The maximum absolute atomic E-state index is 12.1. The summed E-state index contributed by atoms with van der Waals surface area (Å²) in [7, 11) is 0. The SMILES string of the molecule is CCc1ccc(CN2C(=O)C(C)=C(C)C2S)cc1. The number of carbonyl (C=O) groups is 1. The fourth-order valence-corrected chi connectivity index (χ4v) is 2.54. The number of rotatable bonds is 3. The molecule has 0 radical (unpaired) electrons. The third-order valence-electron chi connectivity index (χ3n) is 3.64. The first-order valence-electron chi connectivity index (χ1n) is 6.28. The number of amides is 1. The van der Waals surface area contributed by atoms with Crippen LogP contribution in [0, 0.1) is 0 Å². The van der Waals surface area contributed by atoms with Gasteiger partial charge in [-0.2, -0.15) is 0 Å². The lowest BCUT2D eigenvalue weighted by Crippen LogP contribution is -2.31. The van der Waals surface area contributed by atoms with Crippen molar-refractivity contribution in [1.82, 2.24) is 4.90 Å². The van der Waals surface area contributed by atoms with E-state index in [2.05, 4.69) is 43.8 Å². The van der Waals surface area contributed by atoms with Gasteiger partial charge in [0.25, 0.3) is 5.91 Å². The smallest absolute Gasteiger partial charge is 0.250 e. The van der Waals surface area contributed by atoms with Crippen LogP contribution in [-0.4, -0.2) is 16.2 Å². The summed E-state index contributed by atoms with van der Waals surface area (Å²) in [6.07, 6.45) is 1.04. The van der Waals surface area contributed by atoms with Gasteiger partial charge in [-0.15, -0.1) is 12.6 Å². The molecule has 3 heteroatoms. The highest BCUT2D eigenvalue weighted by molar-refractivity contribution is 7.81. The number of aryl methyl sites for hydroxylation is 1. The average Bonchev–Trinajstić information content (AvgIpc) is 2.57. The van der Waals surface area contributed by atoms with Crippen LogP contribution < -0.4 is 0 Å². The van der Waals surface area contributed by atoms with Gasteiger partial charge in [0, 0.05) is 12.1 Å². The van der Waals surface area contributed by atoms with E-state index < -0.39 is 0 Å². The first-order chi connectivity index (χ1) is 8.54. The molecule has 1 aromatic carbocycles. The van der Waals surface area contributed by atoms with Crippen molar-refractivity contribution in [3.05, 3.63) is 46.5 Å². The van der Waals surface area contributed by atoms with Crippen LogP contribution in [0.2, 0.25) is 0 Å². The zero-order chi connectivity index (χ0) is 13.3. The third kappa shape index (κ3) is 2.32. The molecule has 1 aliphatic heterocycles. The van der Waals surface area contributed by atoms with Crippen LogP contribution in [0.15, 0.2) is 35.4 Å². The normalized spacial score (nSPS) is 19.9. The second-order valence-electron chi connectivity index (χ2n) is 4.78. The molecule has 0 saturated carbocycles. The summed E-state index contributed by atoms with van der Waals surface area (Å²) in [4.78, 5) is 13.9. The minimum atomic E-state index is -0.0802. The molecule has 0 bridgehead atoms. The number of nitrogens with zero attached hydrogens (tertiary/aromatic N) is 1. The average molecular weight is 261 g/mol. The molecule has 1 aromatic rings. The summed E-state index contributed by atoms with van der Waals surface area (Å²) in [6, 6.07) is 8.43. The van der Waals surface area contributed by atoms with Gasteiger partial charge in [0.05, 0.1) is 5.37 Å². The quantitative estimate of drug-likeness (QED) is 0.829. The molecule has 1 heterocycles. The summed E-state index contributed by atoms with van der Waals surface area (Å²) >= 11 is 4.52. The Morgan fingerprint density at radius 3 is 2.17 bits per heavy atom. The van der Waals surface area contributed by atoms with Crippen molar-refractivity contribution in [3.63, 3.8) is 0 Å². The Balaban J connectivity index is 2.13. The Morgan fingerprint density at radius 2 is 1.72 bits per heavy atom. The van der Waals surface area contributed by atoms with Crippen LogP contribution in [0.5, 0.6) is 0 Å². The Bertz CT molecular complexity index is 490. The van der Waals surface area contributed by atoms with Crippen LogP contribution in [0.3, 0.4) is 0 Å². The molecule has 0 N–H and O–H groups in total. The van der Waals surface area contributed by atoms with Crippen LogP contribution in [0.25, 0.3) is 0 Å². The topological polar surface area (TPSA) is 20.3 Å². The molecule has 1 aliphatic rings. The van der Waals surface area contributed by atoms with Crippen LogP contribution in [0.1, 0.15) is 31.9 Å². The van der Waals surface area contributed by atoms with Gasteiger partial charge in [0.2, 0.25) is 0 Å². The second kappa shape index (κ2) is 5.19. The fourth-order valence-electron chi connectivity index (χ4n) is 2.16. The number of carbonyl (C=O) groups excluding carboxylic acids is 1. The van der Waals surface area contributed by atoms with Gasteiger partial charge in [-0.25, -0.2) is 0 Å². The van der Waals surface area contributed by atoms with Gasteiger partial charge in [-0.05, 0) is 37.0 Å². The van der Waals surface area contributed by atoms with Crippen molar-refractivity contribution in [3.8, 4) is 0 Å². The zero-order valence-corrected chi connectivity index (χ0v) is 12.0. The lowest BCUT2D eigenvalue weighted by Gasteiger charge is -2.22. The molecule has 1 atom stereocenters. The van der Waals surface area contributed by atoms with E-state index >= 15 is 0 Å². The van der Waals surface area contributed by atoms with E-state index in [0.29, 0.717) is 6.54 Å². The zero-order valence-electron chi connectivity index (χ0n) is 11.1. The molecule has 0 fully saturated rings. The minimum absolute atomic E-state index is 0.0802. The molecule has 0 aromatic heterocycles. The molecule has 2 nitrogen and oxygen atoms in total. The summed E-state index contributed by atoms with van der Waals surface area (Å²) in [5.41, 5.74) is 4.37. The molecule has 96 valence electrons. The van der Waals surface area contributed by atoms with Crippen LogP contribution >= 0.6 is 12.6 Å². The van der Waals surface area contributed by atoms with Crippen molar-refractivity contribution in [2.24, 2.45) is 0 Å². The van der Waals surface area contributed by atoms with Crippen molar-refractivity contribution < 1.29 is 4.79 Å².